The van der Waals surface area contributed by atoms with Crippen molar-refractivity contribution in [3.05, 3.63) is 48.8 Å². The summed E-state index contributed by atoms with van der Waals surface area (Å²) < 4.78 is 8.21. The lowest BCUT2D eigenvalue weighted by Gasteiger charge is -2.32. The second-order valence-electron chi connectivity index (χ2n) is 7.56. The van der Waals surface area contributed by atoms with Crippen LogP contribution in [-0.2, 0) is 4.79 Å². The topological polar surface area (TPSA) is 98.1 Å². The maximum Gasteiger partial charge on any atom is 0.231 e. The number of piperidine rings is 1. The van der Waals surface area contributed by atoms with E-state index in [1.807, 2.05) is 49.5 Å². The lowest BCUT2D eigenvalue weighted by Crippen LogP contribution is -2.41. The number of nitrogens with zero attached hydrogens (tertiary/aromatic N) is 6. The van der Waals surface area contributed by atoms with Crippen LogP contribution in [0, 0.1) is 5.92 Å². The fourth-order valence-electron chi connectivity index (χ4n) is 3.83. The van der Waals surface area contributed by atoms with Crippen LogP contribution in [0.15, 0.2) is 48.8 Å². The Kier molecular flexibility index (Phi) is 5.68. The maximum absolute atomic E-state index is 13.0. The molecule has 0 spiro atoms. The third-order valence-corrected chi connectivity index (χ3v) is 6.33. The van der Waals surface area contributed by atoms with E-state index < -0.39 is 0 Å². The van der Waals surface area contributed by atoms with Crippen molar-refractivity contribution in [2.75, 3.05) is 29.9 Å². The Labute approximate surface area is 189 Å². The molecular weight excluding hydrogens is 426 g/mol. The molecule has 4 heterocycles. The normalized spacial score (nSPS) is 16.3. The van der Waals surface area contributed by atoms with Crippen molar-refractivity contribution in [1.82, 2.24) is 25.0 Å². The van der Waals surface area contributed by atoms with Crippen molar-refractivity contribution in [3.8, 4) is 11.6 Å². The number of nitrogens with one attached hydrogen (secondary N) is 1. The predicted octanol–water partition coefficient (Wildman–Crippen LogP) is 3.53. The van der Waals surface area contributed by atoms with E-state index in [-0.39, 0.29) is 11.8 Å². The molecule has 1 aliphatic heterocycles. The third kappa shape index (κ3) is 4.26. The van der Waals surface area contributed by atoms with E-state index >= 15 is 0 Å². The molecule has 1 N–H and O–H groups in total. The van der Waals surface area contributed by atoms with Crippen molar-refractivity contribution in [3.63, 3.8) is 0 Å². The van der Waals surface area contributed by atoms with E-state index in [1.54, 1.807) is 10.9 Å². The first-order valence-electron chi connectivity index (χ1n) is 10.6. The Morgan fingerprint density at radius 2 is 2.12 bits per heavy atom. The van der Waals surface area contributed by atoms with Crippen LogP contribution in [0.3, 0.4) is 0 Å². The number of carbonyl (C=O) groups is 1. The van der Waals surface area contributed by atoms with Gasteiger partial charge in [-0.25, -0.2) is 9.67 Å². The molecule has 1 amide bonds. The Balaban J connectivity index is 1.25. The molecule has 0 aliphatic carbocycles. The molecule has 1 aliphatic rings. The summed E-state index contributed by atoms with van der Waals surface area (Å²) in [6, 6.07) is 11.4. The molecule has 164 valence electrons. The number of carbonyl (C=O) groups excluding carboxylic acids is 1. The molecule has 9 nitrogen and oxygen atoms in total. The molecule has 1 aromatic carbocycles. The number of rotatable bonds is 6. The summed E-state index contributed by atoms with van der Waals surface area (Å²) in [4.78, 5) is 19.6. The number of benzene rings is 1. The highest BCUT2D eigenvalue weighted by molar-refractivity contribution is 7.22. The van der Waals surface area contributed by atoms with Crippen molar-refractivity contribution < 1.29 is 9.53 Å². The van der Waals surface area contributed by atoms with Crippen molar-refractivity contribution in [2.45, 2.75) is 19.8 Å². The molecule has 1 atom stereocenters. The van der Waals surface area contributed by atoms with Gasteiger partial charge in [0.15, 0.2) is 16.8 Å². The maximum atomic E-state index is 13.0. The Bertz CT molecular complexity index is 1210. The zero-order valence-corrected chi connectivity index (χ0v) is 18.5. The van der Waals surface area contributed by atoms with Crippen molar-refractivity contribution in [1.29, 1.82) is 0 Å². The first-order chi connectivity index (χ1) is 15.7. The lowest BCUT2D eigenvalue weighted by molar-refractivity contribution is -0.120. The second-order valence-corrected chi connectivity index (χ2v) is 8.59. The van der Waals surface area contributed by atoms with Crippen LogP contribution in [0.5, 0.6) is 5.75 Å². The van der Waals surface area contributed by atoms with E-state index in [4.69, 9.17) is 4.74 Å². The molecule has 0 radical (unpaired) electrons. The van der Waals surface area contributed by atoms with Gasteiger partial charge in [0.2, 0.25) is 5.91 Å². The van der Waals surface area contributed by atoms with Gasteiger partial charge in [0.05, 0.1) is 22.7 Å². The van der Waals surface area contributed by atoms with Crippen LogP contribution >= 0.6 is 11.3 Å². The van der Waals surface area contributed by atoms with Gasteiger partial charge in [-0.3, -0.25) is 4.79 Å². The molecule has 10 heteroatoms. The Morgan fingerprint density at radius 1 is 1.25 bits per heavy atom. The van der Waals surface area contributed by atoms with Gasteiger partial charge in [-0.2, -0.15) is 5.10 Å². The van der Waals surface area contributed by atoms with E-state index in [0.29, 0.717) is 24.1 Å². The van der Waals surface area contributed by atoms with E-state index in [1.165, 1.54) is 11.3 Å². The lowest BCUT2D eigenvalue weighted by atomic mass is 9.97. The number of amides is 1. The fourth-order valence-corrected chi connectivity index (χ4v) is 4.73. The van der Waals surface area contributed by atoms with Gasteiger partial charge in [-0.1, -0.05) is 11.3 Å². The summed E-state index contributed by atoms with van der Waals surface area (Å²) in [6.45, 7) is 4.01. The van der Waals surface area contributed by atoms with Gasteiger partial charge >= 0.3 is 0 Å². The summed E-state index contributed by atoms with van der Waals surface area (Å²) in [5.74, 6) is 2.08. The van der Waals surface area contributed by atoms with Gasteiger partial charge in [-0.05, 0) is 56.2 Å². The van der Waals surface area contributed by atoms with Crippen molar-refractivity contribution >= 4 is 38.4 Å². The fraction of sp³-hybridized carbons (Fsp3) is 0.318. The number of thiazole rings is 1. The standard InChI is InChI=1S/C22H23N7O2S/c1-2-31-16-6-7-17-18(13-16)32-22(24-17)25-21(30)15-5-3-11-28(14-15)19-8-9-20(27-26-19)29-12-4-10-23-29/h4,6-10,12-13,15H,2-3,5,11,14H2,1H3,(H,24,25,30)/t15-/m0/s1. The number of hydrogen-bond acceptors (Lipinski definition) is 8. The summed E-state index contributed by atoms with van der Waals surface area (Å²) in [6.07, 6.45) is 5.27. The molecule has 5 rings (SSSR count). The summed E-state index contributed by atoms with van der Waals surface area (Å²) in [5.41, 5.74) is 0.853. The molecule has 0 bridgehead atoms. The first-order valence-corrected chi connectivity index (χ1v) is 11.4. The van der Waals surface area contributed by atoms with E-state index in [9.17, 15) is 4.79 Å². The zero-order valence-electron chi connectivity index (χ0n) is 17.6. The summed E-state index contributed by atoms with van der Waals surface area (Å²) in [5, 5.41) is 16.4. The van der Waals surface area contributed by atoms with Crippen LogP contribution in [0.25, 0.3) is 16.0 Å². The molecular formula is C22H23N7O2S. The van der Waals surface area contributed by atoms with Crippen LogP contribution in [0.1, 0.15) is 19.8 Å². The van der Waals surface area contributed by atoms with Crippen LogP contribution in [-0.4, -0.2) is 50.6 Å². The highest BCUT2D eigenvalue weighted by Crippen LogP contribution is 2.30. The van der Waals surface area contributed by atoms with Crippen LogP contribution in [0.2, 0.25) is 0 Å². The Morgan fingerprint density at radius 3 is 2.91 bits per heavy atom. The highest BCUT2D eigenvalue weighted by atomic mass is 32.1. The van der Waals surface area contributed by atoms with E-state index in [2.05, 4.69) is 30.5 Å². The number of aromatic nitrogens is 5. The quantitative estimate of drug-likeness (QED) is 0.481. The van der Waals surface area contributed by atoms with Gasteiger partial charge in [0.25, 0.3) is 0 Å². The number of anilines is 2. The summed E-state index contributed by atoms with van der Waals surface area (Å²) in [7, 11) is 0. The van der Waals surface area contributed by atoms with Gasteiger partial charge in [-0.15, -0.1) is 10.2 Å². The smallest absolute Gasteiger partial charge is 0.231 e. The summed E-state index contributed by atoms with van der Waals surface area (Å²) >= 11 is 1.46. The molecule has 0 unspecified atom stereocenters. The average Bonchev–Trinajstić information content (AvgIpc) is 3.49. The van der Waals surface area contributed by atoms with Gasteiger partial charge < -0.3 is 15.0 Å². The SMILES string of the molecule is CCOc1ccc2nc(NC(=O)[C@H]3CCCN(c4ccc(-n5cccn5)nn4)C3)sc2c1. The van der Waals surface area contributed by atoms with Crippen LogP contribution < -0.4 is 15.0 Å². The molecule has 1 saturated heterocycles. The van der Waals surface area contributed by atoms with Crippen molar-refractivity contribution in [2.24, 2.45) is 5.92 Å². The van der Waals surface area contributed by atoms with E-state index in [0.717, 1.165) is 41.2 Å². The van der Waals surface area contributed by atoms with Crippen LogP contribution in [0.4, 0.5) is 10.9 Å². The predicted molar refractivity (Wildman–Crippen MR) is 124 cm³/mol. The zero-order chi connectivity index (χ0) is 21.9. The molecule has 32 heavy (non-hydrogen) atoms. The average molecular weight is 450 g/mol. The largest absolute Gasteiger partial charge is 0.494 e. The molecule has 3 aromatic heterocycles. The number of fused-ring (bicyclic) bond motifs is 1. The first kappa shape index (κ1) is 20.4. The minimum absolute atomic E-state index is 0.0140. The highest BCUT2D eigenvalue weighted by Gasteiger charge is 2.27. The van der Waals surface area contributed by atoms with Gasteiger partial charge in [0.1, 0.15) is 5.75 Å². The second kappa shape index (κ2) is 8.91. The molecule has 4 aromatic rings. The van der Waals surface area contributed by atoms with Gasteiger partial charge in [0, 0.05) is 25.5 Å². The minimum Gasteiger partial charge on any atom is -0.494 e. The molecule has 0 saturated carbocycles. The minimum atomic E-state index is -0.137. The Hall–Kier alpha value is -3.53. The third-order valence-electron chi connectivity index (χ3n) is 5.39. The monoisotopic (exact) mass is 449 g/mol. The number of ether oxygens (including phenoxy) is 1. The number of hydrogen-bond donors (Lipinski definition) is 1. The molecule has 1 fully saturated rings.